The molecule has 1 aliphatic carbocycles. The van der Waals surface area contributed by atoms with Gasteiger partial charge in [-0.3, -0.25) is 4.98 Å². The molecule has 2 nitrogen and oxygen atoms in total. The molecule has 3 atom stereocenters. The van der Waals surface area contributed by atoms with Gasteiger partial charge < -0.3 is 5.11 Å². The summed E-state index contributed by atoms with van der Waals surface area (Å²) in [6.45, 7) is 6.78. The second kappa shape index (κ2) is 5.40. The Labute approximate surface area is 110 Å². The van der Waals surface area contributed by atoms with E-state index in [9.17, 15) is 5.11 Å². The maximum atomic E-state index is 10.3. The monoisotopic (exact) mass is 247 g/mol. The van der Waals surface area contributed by atoms with Crippen molar-refractivity contribution in [3.63, 3.8) is 0 Å². The zero-order valence-corrected chi connectivity index (χ0v) is 11.8. The smallest absolute Gasteiger partial charge is 0.0576 e. The van der Waals surface area contributed by atoms with Crippen molar-refractivity contribution in [2.75, 3.05) is 0 Å². The first-order chi connectivity index (χ1) is 8.49. The van der Waals surface area contributed by atoms with Crippen LogP contribution in [0.1, 0.15) is 45.7 Å². The highest BCUT2D eigenvalue weighted by atomic mass is 16.3. The van der Waals surface area contributed by atoms with Crippen molar-refractivity contribution in [1.82, 2.24) is 4.98 Å². The van der Waals surface area contributed by atoms with Crippen LogP contribution in [0.15, 0.2) is 24.4 Å². The molecule has 1 aromatic rings. The molecule has 1 heterocycles. The van der Waals surface area contributed by atoms with Gasteiger partial charge in [0.2, 0.25) is 0 Å². The van der Waals surface area contributed by atoms with Crippen LogP contribution in [0.3, 0.4) is 0 Å². The third-order valence-electron chi connectivity index (χ3n) is 4.45. The molecule has 0 spiro atoms. The summed E-state index contributed by atoms with van der Waals surface area (Å²) in [7, 11) is 0. The third kappa shape index (κ3) is 3.11. The molecule has 1 fully saturated rings. The summed E-state index contributed by atoms with van der Waals surface area (Å²) in [5.41, 5.74) is 1.25. The molecule has 1 aromatic heterocycles. The summed E-state index contributed by atoms with van der Waals surface area (Å²) in [4.78, 5) is 4.42. The first-order valence-electron chi connectivity index (χ1n) is 7.07. The molecule has 0 saturated heterocycles. The molecule has 18 heavy (non-hydrogen) atoms. The number of nitrogens with zero attached hydrogens (tertiary/aromatic N) is 1. The molecule has 100 valence electrons. The van der Waals surface area contributed by atoms with E-state index in [1.807, 2.05) is 18.3 Å². The van der Waals surface area contributed by atoms with Gasteiger partial charge in [-0.1, -0.05) is 33.3 Å². The van der Waals surface area contributed by atoms with Crippen molar-refractivity contribution in [2.45, 2.75) is 52.6 Å². The van der Waals surface area contributed by atoms with E-state index in [0.717, 1.165) is 25.0 Å². The van der Waals surface area contributed by atoms with E-state index in [1.54, 1.807) is 0 Å². The molecule has 0 amide bonds. The van der Waals surface area contributed by atoms with Crippen molar-refractivity contribution >= 4 is 0 Å². The van der Waals surface area contributed by atoms with Gasteiger partial charge in [0.25, 0.3) is 0 Å². The van der Waals surface area contributed by atoms with Crippen LogP contribution in [-0.4, -0.2) is 16.2 Å². The SMILES string of the molecule is CC1CCC(C(C)(C)Cc2ccccn2)C(O)C1. The zero-order valence-electron chi connectivity index (χ0n) is 11.8. The van der Waals surface area contributed by atoms with Crippen LogP contribution in [0, 0.1) is 17.3 Å². The molecular formula is C16H25NO. The summed E-state index contributed by atoms with van der Waals surface area (Å²) < 4.78 is 0. The second-order valence-electron chi connectivity index (χ2n) is 6.58. The predicted molar refractivity (Wildman–Crippen MR) is 74.2 cm³/mol. The largest absolute Gasteiger partial charge is 0.393 e. The Morgan fingerprint density at radius 3 is 2.72 bits per heavy atom. The molecule has 0 radical (unpaired) electrons. The maximum Gasteiger partial charge on any atom is 0.0576 e. The number of hydrogen-bond acceptors (Lipinski definition) is 2. The molecule has 2 heteroatoms. The molecule has 3 unspecified atom stereocenters. The average molecular weight is 247 g/mol. The summed E-state index contributed by atoms with van der Waals surface area (Å²) in [6.07, 6.45) is 5.99. The fraction of sp³-hybridized carbons (Fsp3) is 0.688. The lowest BCUT2D eigenvalue weighted by molar-refractivity contribution is -0.0128. The van der Waals surface area contributed by atoms with Crippen LogP contribution in [-0.2, 0) is 6.42 Å². The van der Waals surface area contributed by atoms with Crippen molar-refractivity contribution in [1.29, 1.82) is 0 Å². The topological polar surface area (TPSA) is 33.1 Å². The molecular weight excluding hydrogens is 222 g/mol. The lowest BCUT2D eigenvalue weighted by Crippen LogP contribution is -2.39. The number of aliphatic hydroxyl groups excluding tert-OH is 1. The molecule has 2 rings (SSSR count). The highest BCUT2D eigenvalue weighted by Crippen LogP contribution is 2.41. The Bertz CT molecular complexity index is 374. The Morgan fingerprint density at radius 1 is 1.33 bits per heavy atom. The highest BCUT2D eigenvalue weighted by Gasteiger charge is 2.38. The van der Waals surface area contributed by atoms with Crippen LogP contribution < -0.4 is 0 Å². The second-order valence-corrected chi connectivity index (χ2v) is 6.58. The van der Waals surface area contributed by atoms with Crippen LogP contribution >= 0.6 is 0 Å². The Balaban J connectivity index is 2.06. The molecule has 0 aliphatic heterocycles. The minimum atomic E-state index is -0.146. The van der Waals surface area contributed by atoms with Gasteiger partial charge in [0.05, 0.1) is 6.10 Å². The number of pyridine rings is 1. The Kier molecular flexibility index (Phi) is 4.06. The summed E-state index contributed by atoms with van der Waals surface area (Å²) in [6, 6.07) is 6.07. The van der Waals surface area contributed by atoms with Crippen molar-refractivity contribution in [3.05, 3.63) is 30.1 Å². The minimum Gasteiger partial charge on any atom is -0.393 e. The molecule has 0 aromatic carbocycles. The minimum absolute atomic E-state index is 0.119. The van der Waals surface area contributed by atoms with Gasteiger partial charge in [0.1, 0.15) is 0 Å². The van der Waals surface area contributed by atoms with Gasteiger partial charge >= 0.3 is 0 Å². The van der Waals surface area contributed by atoms with Crippen molar-refractivity contribution < 1.29 is 5.11 Å². The van der Waals surface area contributed by atoms with Crippen LogP contribution in [0.5, 0.6) is 0 Å². The molecule has 1 aliphatic rings. The highest BCUT2D eigenvalue weighted by molar-refractivity contribution is 5.07. The maximum absolute atomic E-state index is 10.3. The van der Waals surface area contributed by atoms with Crippen molar-refractivity contribution in [3.8, 4) is 0 Å². The third-order valence-corrected chi connectivity index (χ3v) is 4.45. The molecule has 1 N–H and O–H groups in total. The van der Waals surface area contributed by atoms with Gasteiger partial charge in [0, 0.05) is 11.9 Å². The lowest BCUT2D eigenvalue weighted by atomic mass is 9.65. The first kappa shape index (κ1) is 13.5. The number of rotatable bonds is 3. The normalized spacial score (nSPS) is 29.2. The lowest BCUT2D eigenvalue weighted by Gasteiger charge is -2.42. The Hall–Kier alpha value is -0.890. The van der Waals surface area contributed by atoms with Gasteiger partial charge in [-0.15, -0.1) is 0 Å². The number of aliphatic hydroxyl groups is 1. The molecule has 1 saturated carbocycles. The zero-order chi connectivity index (χ0) is 13.2. The standard InChI is InChI=1S/C16H25NO/c1-12-7-8-14(15(18)10-12)16(2,3)11-13-6-4-5-9-17-13/h4-6,9,12,14-15,18H,7-8,10-11H2,1-3H3. The fourth-order valence-electron chi connectivity index (χ4n) is 3.36. The number of aromatic nitrogens is 1. The molecule has 0 bridgehead atoms. The van der Waals surface area contributed by atoms with E-state index < -0.39 is 0 Å². The summed E-state index contributed by atoms with van der Waals surface area (Å²) in [5.74, 6) is 1.07. The van der Waals surface area contributed by atoms with E-state index in [4.69, 9.17) is 0 Å². The van der Waals surface area contributed by atoms with Crippen LogP contribution in [0.2, 0.25) is 0 Å². The van der Waals surface area contributed by atoms with Gasteiger partial charge in [-0.25, -0.2) is 0 Å². The summed E-state index contributed by atoms with van der Waals surface area (Å²) >= 11 is 0. The predicted octanol–water partition coefficient (Wildman–Crippen LogP) is 3.45. The van der Waals surface area contributed by atoms with Crippen LogP contribution in [0.4, 0.5) is 0 Å². The van der Waals surface area contributed by atoms with Gasteiger partial charge in [-0.2, -0.15) is 0 Å². The fourth-order valence-corrected chi connectivity index (χ4v) is 3.36. The van der Waals surface area contributed by atoms with Gasteiger partial charge in [-0.05, 0) is 48.6 Å². The number of hydrogen-bond donors (Lipinski definition) is 1. The Morgan fingerprint density at radius 2 is 2.11 bits per heavy atom. The van der Waals surface area contributed by atoms with E-state index in [2.05, 4.69) is 31.8 Å². The average Bonchev–Trinajstić information content (AvgIpc) is 2.29. The van der Waals surface area contributed by atoms with Crippen LogP contribution in [0.25, 0.3) is 0 Å². The van der Waals surface area contributed by atoms with E-state index >= 15 is 0 Å². The quantitative estimate of drug-likeness (QED) is 0.887. The first-order valence-corrected chi connectivity index (χ1v) is 7.07. The van der Waals surface area contributed by atoms with Gasteiger partial charge in [0.15, 0.2) is 0 Å². The van der Waals surface area contributed by atoms with E-state index in [-0.39, 0.29) is 11.5 Å². The van der Waals surface area contributed by atoms with E-state index in [0.29, 0.717) is 11.8 Å². The summed E-state index contributed by atoms with van der Waals surface area (Å²) in [5, 5.41) is 10.3. The van der Waals surface area contributed by atoms with E-state index in [1.165, 1.54) is 6.42 Å². The van der Waals surface area contributed by atoms with Crippen molar-refractivity contribution in [2.24, 2.45) is 17.3 Å².